The Morgan fingerprint density at radius 1 is 1.00 bits per heavy atom. The molecule has 2 heterocycles. The number of hydrogen-bond acceptors (Lipinski definition) is 5. The molecule has 0 bridgehead atoms. The summed E-state index contributed by atoms with van der Waals surface area (Å²) in [4.78, 5) is 12.6. The molecule has 0 amide bonds. The minimum atomic E-state index is -3.49. The van der Waals surface area contributed by atoms with Crippen LogP contribution in [-0.2, 0) is 14.8 Å². The van der Waals surface area contributed by atoms with Crippen LogP contribution < -0.4 is 4.74 Å². The van der Waals surface area contributed by atoms with E-state index in [1.165, 1.54) is 15.6 Å². The average Bonchev–Trinajstić information content (AvgIpc) is 3.32. The zero-order chi connectivity index (χ0) is 21.1. The minimum absolute atomic E-state index is 0.292. The first-order valence-electron chi connectivity index (χ1n) is 9.55. The Kier molecular flexibility index (Phi) is 6.24. The van der Waals surface area contributed by atoms with Crippen molar-refractivity contribution >= 4 is 38.9 Å². The number of hydrogen-bond donors (Lipinski definition) is 0. The fourth-order valence-corrected chi connectivity index (χ4v) is 6.29. The quantitative estimate of drug-likeness (QED) is 0.393. The van der Waals surface area contributed by atoms with Crippen LogP contribution in [0.1, 0.15) is 12.8 Å². The highest BCUT2D eigenvalue weighted by Gasteiger charge is 2.33. The molecule has 30 heavy (non-hydrogen) atoms. The van der Waals surface area contributed by atoms with Gasteiger partial charge in [0.15, 0.2) is 0 Å². The summed E-state index contributed by atoms with van der Waals surface area (Å²) in [5, 5.41) is 2.10. The maximum absolute atomic E-state index is 12.6. The molecule has 1 fully saturated rings. The molecule has 4 rings (SSSR count). The molecule has 1 saturated heterocycles. The number of ether oxygens (including phenoxy) is 1. The van der Waals surface area contributed by atoms with Gasteiger partial charge in [0.2, 0.25) is 0 Å². The Balaban J connectivity index is 1.38. The molecule has 0 unspecified atom stereocenters. The summed E-state index contributed by atoms with van der Waals surface area (Å²) >= 11 is 7.54. The standard InChI is InChI=1S/C22H20ClNO4S2/c23-19-15-18(16-5-2-1-3-6-16)8-9-20(19)28-22(25)17-10-12-24(13-11-17)30(26,27)21-7-4-14-29-21/h1-9,14-15,17H,10-13H2. The van der Waals surface area contributed by atoms with Gasteiger partial charge in [-0.1, -0.05) is 54.1 Å². The first-order valence-corrected chi connectivity index (χ1v) is 12.3. The van der Waals surface area contributed by atoms with Crippen LogP contribution in [-0.4, -0.2) is 31.8 Å². The molecular formula is C22H20ClNO4S2. The van der Waals surface area contributed by atoms with Crippen molar-refractivity contribution < 1.29 is 17.9 Å². The second-order valence-corrected chi connectivity index (χ2v) is 10.6. The zero-order valence-electron chi connectivity index (χ0n) is 16.0. The van der Waals surface area contributed by atoms with Crippen molar-refractivity contribution in [3.8, 4) is 16.9 Å². The van der Waals surface area contributed by atoms with Crippen LogP contribution in [0, 0.1) is 5.92 Å². The monoisotopic (exact) mass is 461 g/mol. The summed E-state index contributed by atoms with van der Waals surface area (Å²) in [6.45, 7) is 0.585. The van der Waals surface area contributed by atoms with Crippen LogP contribution in [0.4, 0.5) is 0 Å². The third-order valence-electron chi connectivity index (χ3n) is 5.13. The van der Waals surface area contributed by atoms with Gasteiger partial charge in [-0.15, -0.1) is 11.3 Å². The van der Waals surface area contributed by atoms with Gasteiger partial charge >= 0.3 is 5.97 Å². The molecule has 0 spiro atoms. The molecular weight excluding hydrogens is 442 g/mol. The number of carbonyl (C=O) groups excluding carboxylic acids is 1. The van der Waals surface area contributed by atoms with E-state index < -0.39 is 10.0 Å². The summed E-state index contributed by atoms with van der Waals surface area (Å²) in [5.41, 5.74) is 1.96. The lowest BCUT2D eigenvalue weighted by Crippen LogP contribution is -2.40. The van der Waals surface area contributed by atoms with E-state index in [0.29, 0.717) is 40.9 Å². The Hall–Kier alpha value is -2.19. The van der Waals surface area contributed by atoms with Crippen molar-refractivity contribution in [2.24, 2.45) is 5.92 Å². The second kappa shape index (κ2) is 8.89. The number of benzene rings is 2. The number of esters is 1. The van der Waals surface area contributed by atoms with Crippen LogP contribution in [0.15, 0.2) is 70.3 Å². The van der Waals surface area contributed by atoms with E-state index in [0.717, 1.165) is 11.1 Å². The van der Waals surface area contributed by atoms with Crippen molar-refractivity contribution in [1.29, 1.82) is 0 Å². The van der Waals surface area contributed by atoms with E-state index in [9.17, 15) is 13.2 Å². The van der Waals surface area contributed by atoms with Gasteiger partial charge in [-0.2, -0.15) is 4.31 Å². The SMILES string of the molecule is O=C(Oc1ccc(-c2ccccc2)cc1Cl)C1CCN(S(=O)(=O)c2cccs2)CC1. The molecule has 1 aromatic heterocycles. The fourth-order valence-electron chi connectivity index (χ4n) is 3.45. The molecule has 2 aromatic carbocycles. The maximum atomic E-state index is 12.6. The lowest BCUT2D eigenvalue weighted by Gasteiger charge is -2.29. The van der Waals surface area contributed by atoms with Crippen LogP contribution in [0.2, 0.25) is 5.02 Å². The van der Waals surface area contributed by atoms with E-state index in [-0.39, 0.29) is 11.9 Å². The summed E-state index contributed by atoms with van der Waals surface area (Å²) in [6.07, 6.45) is 0.840. The second-order valence-electron chi connectivity index (χ2n) is 7.04. The first-order chi connectivity index (χ1) is 14.4. The molecule has 3 aromatic rings. The highest BCUT2D eigenvalue weighted by atomic mass is 35.5. The molecule has 5 nitrogen and oxygen atoms in total. The zero-order valence-corrected chi connectivity index (χ0v) is 18.4. The van der Waals surface area contributed by atoms with Crippen molar-refractivity contribution in [3.05, 3.63) is 71.1 Å². The molecule has 0 atom stereocenters. The van der Waals surface area contributed by atoms with E-state index >= 15 is 0 Å². The highest BCUT2D eigenvalue weighted by molar-refractivity contribution is 7.91. The normalized spacial score (nSPS) is 15.8. The van der Waals surface area contributed by atoms with Gasteiger partial charge in [-0.05, 0) is 47.5 Å². The maximum Gasteiger partial charge on any atom is 0.314 e. The average molecular weight is 462 g/mol. The van der Waals surface area contributed by atoms with E-state index in [2.05, 4.69) is 0 Å². The molecule has 1 aliphatic rings. The van der Waals surface area contributed by atoms with E-state index in [4.69, 9.17) is 16.3 Å². The van der Waals surface area contributed by atoms with Crippen molar-refractivity contribution in [1.82, 2.24) is 4.31 Å². The molecule has 0 radical (unpaired) electrons. The van der Waals surface area contributed by atoms with Crippen molar-refractivity contribution in [2.45, 2.75) is 17.1 Å². The lowest BCUT2D eigenvalue weighted by atomic mass is 9.98. The Morgan fingerprint density at radius 3 is 2.37 bits per heavy atom. The molecule has 0 aliphatic carbocycles. The predicted molar refractivity (Wildman–Crippen MR) is 118 cm³/mol. The predicted octanol–water partition coefficient (Wildman–Crippen LogP) is 5.07. The summed E-state index contributed by atoms with van der Waals surface area (Å²) in [5.74, 6) is -0.419. The summed E-state index contributed by atoms with van der Waals surface area (Å²) in [6, 6.07) is 18.4. The Morgan fingerprint density at radius 2 is 1.73 bits per heavy atom. The van der Waals surface area contributed by atoms with Crippen molar-refractivity contribution in [2.75, 3.05) is 13.1 Å². The number of piperidine rings is 1. The van der Waals surface area contributed by atoms with Crippen molar-refractivity contribution in [3.63, 3.8) is 0 Å². The Labute approximate surface area is 184 Å². The number of halogens is 1. The smallest absolute Gasteiger partial charge is 0.314 e. The topological polar surface area (TPSA) is 63.7 Å². The molecule has 0 N–H and O–H groups in total. The lowest BCUT2D eigenvalue weighted by molar-refractivity contribution is -0.140. The third kappa shape index (κ3) is 4.44. The number of thiophene rings is 1. The number of sulfonamides is 1. The van der Waals surface area contributed by atoms with Gasteiger partial charge in [0, 0.05) is 13.1 Å². The third-order valence-corrected chi connectivity index (χ3v) is 8.69. The van der Waals surface area contributed by atoms with Crippen LogP contribution in [0.5, 0.6) is 5.75 Å². The summed E-state index contributed by atoms with van der Waals surface area (Å²) in [7, 11) is -3.49. The van der Waals surface area contributed by atoms with E-state index in [1.54, 1.807) is 29.6 Å². The van der Waals surface area contributed by atoms with Crippen LogP contribution in [0.25, 0.3) is 11.1 Å². The molecule has 0 saturated carbocycles. The minimum Gasteiger partial charge on any atom is -0.425 e. The van der Waals surface area contributed by atoms with Gasteiger partial charge in [0.05, 0.1) is 10.9 Å². The first kappa shape index (κ1) is 21.1. The van der Waals surface area contributed by atoms with E-state index in [1.807, 2.05) is 36.4 Å². The van der Waals surface area contributed by atoms with Gasteiger partial charge in [-0.25, -0.2) is 8.42 Å². The summed E-state index contributed by atoms with van der Waals surface area (Å²) < 4.78 is 32.5. The van der Waals surface area contributed by atoms with Gasteiger partial charge in [-0.3, -0.25) is 4.79 Å². The van der Waals surface area contributed by atoms with Gasteiger partial charge < -0.3 is 4.74 Å². The van der Waals surface area contributed by atoms with Gasteiger partial charge in [0.25, 0.3) is 10.0 Å². The van der Waals surface area contributed by atoms with Gasteiger partial charge in [0.1, 0.15) is 9.96 Å². The number of nitrogens with zero attached hydrogens (tertiary/aromatic N) is 1. The van der Waals surface area contributed by atoms with Crippen LogP contribution >= 0.6 is 22.9 Å². The largest absolute Gasteiger partial charge is 0.425 e. The van der Waals surface area contributed by atoms with Crippen LogP contribution in [0.3, 0.4) is 0 Å². The molecule has 156 valence electrons. The molecule has 8 heteroatoms. The number of carbonyl (C=O) groups is 1. The fraction of sp³-hybridized carbons (Fsp3) is 0.227. The number of rotatable bonds is 5. The molecule has 1 aliphatic heterocycles. The Bertz CT molecular complexity index is 1120. The highest BCUT2D eigenvalue weighted by Crippen LogP contribution is 2.32.